The molecule has 1 aromatic rings. The smallest absolute Gasteiger partial charge is 0.249 e. The van der Waals surface area contributed by atoms with Gasteiger partial charge < -0.3 is 15.9 Å². The van der Waals surface area contributed by atoms with Gasteiger partial charge in [0.1, 0.15) is 6.10 Å². The number of nitrogens with two attached hydrogens (primary N) is 1. The van der Waals surface area contributed by atoms with E-state index in [-0.39, 0.29) is 17.0 Å². The number of rotatable bonds is 4. The van der Waals surface area contributed by atoms with Crippen molar-refractivity contribution in [1.29, 1.82) is 0 Å². The molecular formula is C10H12ClNO3. The lowest BCUT2D eigenvalue weighted by atomic mass is 9.99. The lowest BCUT2D eigenvalue weighted by molar-refractivity contribution is 0.0321. The molecule has 15 heavy (non-hydrogen) atoms. The first-order valence-electron chi connectivity index (χ1n) is 4.38. The fourth-order valence-corrected chi connectivity index (χ4v) is 1.44. The number of alkyl halides is 1. The molecule has 4 N–H and O–H groups in total. The number of aliphatic hydroxyl groups excluding tert-OH is 2. The van der Waals surface area contributed by atoms with Crippen LogP contribution in [0.4, 0.5) is 0 Å². The Labute approximate surface area is 92.3 Å². The van der Waals surface area contributed by atoms with Crippen LogP contribution in [0.3, 0.4) is 0 Å². The molecule has 0 spiro atoms. The van der Waals surface area contributed by atoms with Crippen LogP contribution in [0, 0.1) is 0 Å². The van der Waals surface area contributed by atoms with Crippen LogP contribution < -0.4 is 5.73 Å². The average molecular weight is 230 g/mol. The summed E-state index contributed by atoms with van der Waals surface area (Å²) in [6.45, 7) is 0. The minimum absolute atomic E-state index is 0.117. The highest BCUT2D eigenvalue weighted by molar-refractivity contribution is 6.18. The predicted octanol–water partition coefficient (Wildman–Crippen LogP) is 0.419. The van der Waals surface area contributed by atoms with E-state index in [2.05, 4.69) is 0 Å². The van der Waals surface area contributed by atoms with Gasteiger partial charge in [0.2, 0.25) is 5.91 Å². The standard InChI is InChI=1S/C10H12ClNO3/c11-5-8(13)9(14)6-3-1-2-4-7(6)10(12)15/h1-4,8-9,13-14H,5H2,(H2,12,15). The average Bonchev–Trinajstić information content (AvgIpc) is 2.27. The van der Waals surface area contributed by atoms with E-state index in [1.807, 2.05) is 0 Å². The second-order valence-corrected chi connectivity index (χ2v) is 3.43. The number of benzene rings is 1. The molecule has 0 aliphatic carbocycles. The molecule has 82 valence electrons. The maximum atomic E-state index is 11.0. The number of aliphatic hydroxyl groups is 2. The highest BCUT2D eigenvalue weighted by atomic mass is 35.5. The zero-order valence-electron chi connectivity index (χ0n) is 7.93. The van der Waals surface area contributed by atoms with Gasteiger partial charge in [-0.15, -0.1) is 11.6 Å². The molecule has 0 aromatic heterocycles. The van der Waals surface area contributed by atoms with Crippen molar-refractivity contribution in [2.45, 2.75) is 12.2 Å². The van der Waals surface area contributed by atoms with E-state index in [0.29, 0.717) is 0 Å². The molecule has 2 unspecified atom stereocenters. The second-order valence-electron chi connectivity index (χ2n) is 3.12. The Morgan fingerprint density at radius 2 is 2.00 bits per heavy atom. The van der Waals surface area contributed by atoms with E-state index in [9.17, 15) is 15.0 Å². The maximum Gasteiger partial charge on any atom is 0.249 e. The Balaban J connectivity index is 3.07. The van der Waals surface area contributed by atoms with Crippen LogP contribution in [0.25, 0.3) is 0 Å². The SMILES string of the molecule is NC(=O)c1ccccc1C(O)C(O)CCl. The molecule has 2 atom stereocenters. The molecule has 0 aliphatic rings. The molecule has 5 heteroatoms. The van der Waals surface area contributed by atoms with Crippen LogP contribution >= 0.6 is 11.6 Å². The molecule has 0 heterocycles. The molecule has 0 saturated carbocycles. The van der Waals surface area contributed by atoms with Crippen LogP contribution in [0.2, 0.25) is 0 Å². The number of hydrogen-bond donors (Lipinski definition) is 3. The van der Waals surface area contributed by atoms with Gasteiger partial charge in [-0.1, -0.05) is 18.2 Å². The van der Waals surface area contributed by atoms with Crippen molar-refractivity contribution in [3.8, 4) is 0 Å². The summed E-state index contributed by atoms with van der Waals surface area (Å²) in [6.07, 6.45) is -2.32. The van der Waals surface area contributed by atoms with Crippen LogP contribution in [0.1, 0.15) is 22.0 Å². The van der Waals surface area contributed by atoms with Crippen LogP contribution in [-0.2, 0) is 0 Å². The third-order valence-electron chi connectivity index (χ3n) is 2.07. The summed E-state index contributed by atoms with van der Waals surface area (Å²) >= 11 is 5.40. The minimum Gasteiger partial charge on any atom is -0.389 e. The van der Waals surface area contributed by atoms with Gasteiger partial charge in [0, 0.05) is 5.56 Å². The van der Waals surface area contributed by atoms with Crippen molar-refractivity contribution >= 4 is 17.5 Å². The van der Waals surface area contributed by atoms with Gasteiger partial charge in [-0.05, 0) is 11.6 Å². The van der Waals surface area contributed by atoms with Gasteiger partial charge in [-0.2, -0.15) is 0 Å². The summed E-state index contributed by atoms with van der Waals surface area (Å²) in [5, 5.41) is 19.0. The third kappa shape index (κ3) is 2.68. The van der Waals surface area contributed by atoms with E-state index in [1.54, 1.807) is 12.1 Å². The molecule has 0 fully saturated rings. The van der Waals surface area contributed by atoms with Crippen molar-refractivity contribution in [2.24, 2.45) is 5.73 Å². The van der Waals surface area contributed by atoms with E-state index >= 15 is 0 Å². The Morgan fingerprint density at radius 1 is 1.40 bits per heavy atom. The molecule has 0 aliphatic heterocycles. The summed E-state index contributed by atoms with van der Waals surface area (Å²) in [5.74, 6) is -0.764. The molecule has 1 amide bonds. The lowest BCUT2D eigenvalue weighted by Gasteiger charge is -2.17. The lowest BCUT2D eigenvalue weighted by Crippen LogP contribution is -2.23. The van der Waals surface area contributed by atoms with Gasteiger partial charge in [0.25, 0.3) is 0 Å². The van der Waals surface area contributed by atoms with Crippen molar-refractivity contribution in [3.05, 3.63) is 35.4 Å². The van der Waals surface area contributed by atoms with Crippen molar-refractivity contribution < 1.29 is 15.0 Å². The van der Waals surface area contributed by atoms with Gasteiger partial charge in [0.15, 0.2) is 0 Å². The Kier molecular flexibility index (Phi) is 4.08. The summed E-state index contributed by atoms with van der Waals surface area (Å²) in [5.41, 5.74) is 5.61. The molecule has 0 radical (unpaired) electrons. The monoisotopic (exact) mass is 229 g/mol. The predicted molar refractivity (Wildman–Crippen MR) is 56.6 cm³/mol. The van der Waals surface area contributed by atoms with Crippen molar-refractivity contribution in [1.82, 2.24) is 0 Å². The van der Waals surface area contributed by atoms with Gasteiger partial charge in [-0.25, -0.2) is 0 Å². The number of carbonyl (C=O) groups excluding carboxylic acids is 1. The Bertz CT molecular complexity index is 356. The van der Waals surface area contributed by atoms with Crippen molar-refractivity contribution in [3.63, 3.8) is 0 Å². The van der Waals surface area contributed by atoms with Gasteiger partial charge in [-0.3, -0.25) is 4.79 Å². The number of halogens is 1. The first-order valence-corrected chi connectivity index (χ1v) is 4.92. The molecule has 0 bridgehead atoms. The van der Waals surface area contributed by atoms with Crippen molar-refractivity contribution in [2.75, 3.05) is 5.88 Å². The van der Waals surface area contributed by atoms with E-state index in [0.717, 1.165) is 0 Å². The molecule has 1 rings (SSSR count). The van der Waals surface area contributed by atoms with E-state index in [4.69, 9.17) is 17.3 Å². The van der Waals surface area contributed by atoms with E-state index in [1.165, 1.54) is 12.1 Å². The number of hydrogen-bond acceptors (Lipinski definition) is 3. The van der Waals surface area contributed by atoms with E-state index < -0.39 is 18.1 Å². The first kappa shape index (κ1) is 12.0. The van der Waals surface area contributed by atoms with Gasteiger partial charge in [0.05, 0.1) is 12.0 Å². The number of carbonyl (C=O) groups is 1. The fraction of sp³-hybridized carbons (Fsp3) is 0.300. The Hall–Kier alpha value is -1.10. The topological polar surface area (TPSA) is 83.6 Å². The molecule has 1 aromatic carbocycles. The maximum absolute atomic E-state index is 11.0. The summed E-state index contributed by atoms with van der Waals surface area (Å²) in [7, 11) is 0. The zero-order valence-corrected chi connectivity index (χ0v) is 8.69. The zero-order chi connectivity index (χ0) is 11.4. The summed E-state index contributed by atoms with van der Waals surface area (Å²) < 4.78 is 0. The second kappa shape index (κ2) is 5.11. The first-order chi connectivity index (χ1) is 7.07. The number of amides is 1. The normalized spacial score (nSPS) is 14.6. The number of primary amides is 1. The van der Waals surface area contributed by atoms with Crippen LogP contribution in [0.5, 0.6) is 0 Å². The van der Waals surface area contributed by atoms with Gasteiger partial charge >= 0.3 is 0 Å². The highest BCUT2D eigenvalue weighted by Crippen LogP contribution is 2.21. The molecule has 0 saturated heterocycles. The molecule has 4 nitrogen and oxygen atoms in total. The fourth-order valence-electron chi connectivity index (χ4n) is 1.27. The Morgan fingerprint density at radius 3 is 2.53 bits per heavy atom. The largest absolute Gasteiger partial charge is 0.389 e. The van der Waals surface area contributed by atoms with Crippen LogP contribution in [0.15, 0.2) is 24.3 Å². The quantitative estimate of drug-likeness (QED) is 0.655. The van der Waals surface area contributed by atoms with Crippen LogP contribution in [-0.4, -0.2) is 28.1 Å². The third-order valence-corrected chi connectivity index (χ3v) is 2.38. The highest BCUT2D eigenvalue weighted by Gasteiger charge is 2.21. The summed E-state index contributed by atoms with van der Waals surface area (Å²) in [4.78, 5) is 11.0. The summed E-state index contributed by atoms with van der Waals surface area (Å²) in [6, 6.07) is 6.29. The molecular weight excluding hydrogens is 218 g/mol. The minimum atomic E-state index is -1.20.